The highest BCUT2D eigenvalue weighted by Gasteiger charge is 2.44. The molecule has 5 aliphatic rings. The number of benzene rings is 3. The summed E-state index contributed by atoms with van der Waals surface area (Å²) in [6, 6.07) is 18.4. The zero-order chi connectivity index (χ0) is 52.8. The van der Waals surface area contributed by atoms with Crippen LogP contribution in [0, 0.1) is 18.7 Å². The summed E-state index contributed by atoms with van der Waals surface area (Å²) in [4.78, 5) is 49.4. The number of aromatic hydroxyl groups is 1. The van der Waals surface area contributed by atoms with Crippen molar-refractivity contribution in [2.75, 3.05) is 51.2 Å². The first-order chi connectivity index (χ1) is 36.8. The smallest absolute Gasteiger partial charge is 0.254 e. The molecule has 6 aromatic rings. The fourth-order valence-corrected chi connectivity index (χ4v) is 12.7. The van der Waals surface area contributed by atoms with E-state index in [1.165, 1.54) is 4.90 Å². The molecule has 4 fully saturated rings. The predicted molar refractivity (Wildman–Crippen MR) is 289 cm³/mol. The summed E-state index contributed by atoms with van der Waals surface area (Å²) in [6.07, 6.45) is 4.34. The van der Waals surface area contributed by atoms with Crippen LogP contribution in [0.3, 0.4) is 0 Å². The van der Waals surface area contributed by atoms with Crippen LogP contribution in [-0.2, 0) is 20.7 Å². The number of amides is 2. The Labute approximate surface area is 445 Å². The van der Waals surface area contributed by atoms with E-state index in [2.05, 4.69) is 42.8 Å². The van der Waals surface area contributed by atoms with Crippen LogP contribution in [0.4, 0.5) is 10.1 Å². The van der Waals surface area contributed by atoms with Crippen molar-refractivity contribution in [3.05, 3.63) is 106 Å². The molecule has 2 bridgehead atoms. The van der Waals surface area contributed by atoms with Gasteiger partial charge in [0.25, 0.3) is 5.88 Å². The van der Waals surface area contributed by atoms with Gasteiger partial charge >= 0.3 is 0 Å². The predicted octanol–water partition coefficient (Wildman–Crippen LogP) is 7.76. The summed E-state index contributed by atoms with van der Waals surface area (Å²) < 4.78 is 35.7. The fourth-order valence-electron chi connectivity index (χ4n) is 11.9. The molecular formula is C57H67FN10O7S. The van der Waals surface area contributed by atoms with E-state index in [9.17, 15) is 19.8 Å². The minimum atomic E-state index is -0.853. The van der Waals surface area contributed by atoms with Gasteiger partial charge in [0.2, 0.25) is 18.2 Å². The molecule has 19 heteroatoms. The van der Waals surface area contributed by atoms with Gasteiger partial charge in [0, 0.05) is 75.6 Å². The highest BCUT2D eigenvalue weighted by Crippen LogP contribution is 2.40. The lowest BCUT2D eigenvalue weighted by molar-refractivity contribution is -0.141. The number of halogens is 1. The minimum Gasteiger partial charge on any atom is -0.508 e. The number of phenolic OH excluding ortho intramolecular Hbond substituents is 1. The van der Waals surface area contributed by atoms with Gasteiger partial charge in [0.1, 0.15) is 35.3 Å². The Hall–Kier alpha value is -6.51. The van der Waals surface area contributed by atoms with Crippen LogP contribution in [0.1, 0.15) is 99.9 Å². The number of pyridine rings is 1. The number of aliphatic hydroxyl groups is 1. The number of hydrogen-bond acceptors (Lipinski definition) is 16. The Bertz CT molecular complexity index is 3110. The Morgan fingerprint density at radius 2 is 1.76 bits per heavy atom. The number of piperazine rings is 1. The number of amidine groups is 1. The second-order valence-corrected chi connectivity index (χ2v) is 22.3. The number of anilines is 1. The zero-order valence-corrected chi connectivity index (χ0v) is 44.5. The number of phenols is 1. The lowest BCUT2D eigenvalue weighted by Crippen LogP contribution is -2.54. The molecule has 2 amide bonds. The van der Waals surface area contributed by atoms with Crippen LogP contribution >= 0.6 is 11.3 Å². The second-order valence-electron chi connectivity index (χ2n) is 21.4. The second kappa shape index (κ2) is 21.8. The first-order valence-electron chi connectivity index (χ1n) is 26.8. The van der Waals surface area contributed by atoms with E-state index in [0.29, 0.717) is 53.8 Å². The quantitative estimate of drug-likeness (QED) is 0.0668. The molecule has 3 aromatic carbocycles. The highest BCUT2D eigenvalue weighted by atomic mass is 32.1. The number of likely N-dealkylation sites (tertiary alicyclic amines) is 3. The van der Waals surface area contributed by atoms with E-state index in [4.69, 9.17) is 24.0 Å². The van der Waals surface area contributed by atoms with Gasteiger partial charge in [0.05, 0.1) is 46.1 Å². The summed E-state index contributed by atoms with van der Waals surface area (Å²) in [5.41, 5.74) is 7.37. The van der Waals surface area contributed by atoms with Crippen LogP contribution in [0.25, 0.3) is 32.5 Å². The van der Waals surface area contributed by atoms with Crippen molar-refractivity contribution in [2.24, 2.45) is 10.9 Å². The SMILES string of the molecule is CCc1cccc2cc(O)cc(-c3ncc4c(c3F)NC(OCCN3CCC(Oc5cc([C@@H](C(=O)N6C[C@H](O)C[C@H]6C(=O)NC(C)c6ccc(-c7scnc7C)cc6)C(C)C)on5)CC3)N=C4N3CC4CCC(C3)N4)c12. The number of ether oxygens (including phenoxy) is 2. The maximum atomic E-state index is 17.2. The van der Waals surface area contributed by atoms with Crippen LogP contribution in [0.15, 0.2) is 81.9 Å². The molecule has 76 heavy (non-hydrogen) atoms. The molecule has 4 unspecified atom stereocenters. The summed E-state index contributed by atoms with van der Waals surface area (Å²) in [5.74, 6) is -0.784. The number of hydrogen-bond donors (Lipinski definition) is 5. The lowest BCUT2D eigenvalue weighted by atomic mass is 9.91. The standard InChI is InChI=1S/C57H67FN10O7S/c1-6-34-8-7-9-37-22-40(69)23-43(49(34)37)51-50(58)52-44(26-59-51)54(67-27-38-14-15-39(28-67)62-38)64-57(63-52)73-21-20-66-18-16-42(17-19-66)74-47-25-46(75-65-47)48(31(2)3)56(72)68-29-41(70)24-45(68)55(71)61-32(4)35-10-12-36(13-11-35)53-33(5)60-30-76-53/h7-13,22-23,25-26,30-32,38-39,41-42,45,48,57,62-63,69-70H,6,14-21,24,27-29H2,1-5H3,(H,61,71)/t32?,38?,39?,41-,45+,48+,57?/m1/s1. The number of nitrogens with one attached hydrogen (secondary N) is 3. The van der Waals surface area contributed by atoms with Gasteiger partial charge < -0.3 is 54.9 Å². The summed E-state index contributed by atoms with van der Waals surface area (Å²) in [7, 11) is 0. The van der Waals surface area contributed by atoms with Crippen LogP contribution in [0.2, 0.25) is 0 Å². The summed E-state index contributed by atoms with van der Waals surface area (Å²) >= 11 is 1.59. The number of aliphatic hydroxyl groups excluding tert-OH is 1. The third-order valence-corrected chi connectivity index (χ3v) is 16.8. The maximum absolute atomic E-state index is 17.2. The first-order valence-corrected chi connectivity index (χ1v) is 27.7. The van der Waals surface area contributed by atoms with Gasteiger partial charge in [-0.25, -0.2) is 14.4 Å². The van der Waals surface area contributed by atoms with Gasteiger partial charge in [-0.3, -0.25) is 14.6 Å². The van der Waals surface area contributed by atoms with Gasteiger partial charge in [0.15, 0.2) is 11.6 Å². The Morgan fingerprint density at radius 3 is 2.49 bits per heavy atom. The molecule has 5 N–H and O–H groups in total. The number of rotatable bonds is 15. The number of piperidine rings is 1. The number of thiazole rings is 1. The number of aromatic nitrogens is 3. The van der Waals surface area contributed by atoms with Gasteiger partial charge in [-0.05, 0) is 96.6 Å². The largest absolute Gasteiger partial charge is 0.508 e. The van der Waals surface area contributed by atoms with Gasteiger partial charge in [-0.15, -0.1) is 11.3 Å². The van der Waals surface area contributed by atoms with Crippen molar-refractivity contribution in [2.45, 2.75) is 122 Å². The minimum absolute atomic E-state index is 0.0332. The first kappa shape index (κ1) is 51.6. The van der Waals surface area contributed by atoms with E-state index >= 15 is 4.39 Å². The number of β-amino-alcohol motifs (C(OH)–C–C–N with tert-alkyl or cyclic N) is 1. The molecule has 0 saturated carbocycles. The van der Waals surface area contributed by atoms with Crippen molar-refractivity contribution in [3.63, 3.8) is 0 Å². The van der Waals surface area contributed by atoms with E-state index in [-0.39, 0.29) is 60.0 Å². The molecule has 8 heterocycles. The average Bonchev–Trinajstić information content (AvgIpc) is 4.28. The Kier molecular flexibility index (Phi) is 14.8. The topological polar surface area (TPSA) is 203 Å². The van der Waals surface area contributed by atoms with Crippen LogP contribution < -0.4 is 20.7 Å². The normalized spacial score (nSPS) is 22.6. The number of fused-ring (bicyclic) bond motifs is 4. The van der Waals surface area contributed by atoms with Gasteiger partial charge in [-0.2, -0.15) is 0 Å². The van der Waals surface area contributed by atoms with Crippen molar-refractivity contribution < 1.29 is 38.2 Å². The molecule has 11 rings (SSSR count). The van der Waals surface area contributed by atoms with Crippen molar-refractivity contribution >= 4 is 45.4 Å². The molecule has 0 aliphatic carbocycles. The van der Waals surface area contributed by atoms with Crippen molar-refractivity contribution in [1.82, 2.24) is 40.5 Å². The molecule has 400 valence electrons. The highest BCUT2D eigenvalue weighted by molar-refractivity contribution is 7.13. The zero-order valence-electron chi connectivity index (χ0n) is 43.7. The number of aliphatic imine (C=N–C) groups is 1. The van der Waals surface area contributed by atoms with Crippen LogP contribution in [-0.4, -0.2) is 140 Å². The molecule has 4 saturated heterocycles. The summed E-state index contributed by atoms with van der Waals surface area (Å²) in [6.45, 7) is 13.8. The number of carbonyl (C=O) groups is 2. The molecule has 0 spiro atoms. The Balaban J connectivity index is 0.703. The molecule has 0 radical (unpaired) electrons. The van der Waals surface area contributed by atoms with E-state index in [1.807, 2.05) is 75.7 Å². The Morgan fingerprint density at radius 1 is 0.987 bits per heavy atom. The maximum Gasteiger partial charge on any atom is 0.254 e. The third-order valence-electron chi connectivity index (χ3n) is 15.9. The average molecular weight is 1060 g/mol. The molecule has 7 atom stereocenters. The number of carbonyl (C=O) groups excluding carboxylic acids is 2. The van der Waals surface area contributed by atoms with E-state index < -0.39 is 30.2 Å². The van der Waals surface area contributed by atoms with Crippen molar-refractivity contribution in [3.8, 4) is 33.3 Å². The van der Waals surface area contributed by atoms with Gasteiger partial charge in [-0.1, -0.05) is 63.2 Å². The number of aryl methyl sites for hydroxylation is 2. The fraction of sp³-hybridized carbons (Fsp3) is 0.474. The monoisotopic (exact) mass is 1050 g/mol. The van der Waals surface area contributed by atoms with Crippen LogP contribution in [0.5, 0.6) is 11.6 Å². The molecule has 17 nitrogen and oxygen atoms in total. The third kappa shape index (κ3) is 10.5. The molecule has 3 aromatic heterocycles. The molecule has 5 aliphatic heterocycles. The lowest BCUT2D eigenvalue weighted by Gasteiger charge is -2.38. The van der Waals surface area contributed by atoms with E-state index in [1.54, 1.807) is 35.7 Å². The number of nitrogens with zero attached hydrogens (tertiary/aromatic N) is 7. The van der Waals surface area contributed by atoms with Crippen molar-refractivity contribution in [1.29, 1.82) is 0 Å². The summed E-state index contributed by atoms with van der Waals surface area (Å²) in [5, 5.41) is 37.5. The molecular weight excluding hydrogens is 988 g/mol. The van der Waals surface area contributed by atoms with E-state index in [0.717, 1.165) is 96.3 Å².